The van der Waals surface area contributed by atoms with Crippen LogP contribution >= 0.6 is 0 Å². The van der Waals surface area contributed by atoms with Crippen molar-refractivity contribution in [2.24, 2.45) is 4.99 Å². The topological polar surface area (TPSA) is 38.7 Å². The first kappa shape index (κ1) is 11.2. The van der Waals surface area contributed by atoms with Gasteiger partial charge in [0.1, 0.15) is 5.75 Å². The van der Waals surface area contributed by atoms with E-state index in [1.54, 1.807) is 24.3 Å². The maximum absolute atomic E-state index is 9.97. The van der Waals surface area contributed by atoms with Crippen LogP contribution in [0.15, 0.2) is 41.9 Å². The minimum atomic E-state index is 0.587. The Bertz CT molecular complexity index is 350. The second kappa shape index (κ2) is 6.57. The Morgan fingerprint density at radius 1 is 1.40 bits per heavy atom. The summed E-state index contributed by atoms with van der Waals surface area (Å²) in [6, 6.07) is 7.00. The minimum Gasteiger partial charge on any atom is -0.494 e. The largest absolute Gasteiger partial charge is 0.494 e. The molecule has 0 amide bonds. The molecule has 3 heteroatoms. The molecule has 0 aliphatic heterocycles. The summed E-state index contributed by atoms with van der Waals surface area (Å²) in [5.74, 6) is 0.781. The van der Waals surface area contributed by atoms with Crippen molar-refractivity contribution in [2.45, 2.75) is 12.8 Å². The molecule has 1 aromatic carbocycles. The molecule has 0 saturated heterocycles. The van der Waals surface area contributed by atoms with Crippen LogP contribution in [0.25, 0.3) is 0 Å². The van der Waals surface area contributed by atoms with Gasteiger partial charge in [0.25, 0.3) is 0 Å². The molecule has 0 atom stereocenters. The lowest BCUT2D eigenvalue weighted by Gasteiger charge is -2.04. The maximum Gasteiger partial charge on any atom is 0.240 e. The summed E-state index contributed by atoms with van der Waals surface area (Å²) in [6.45, 7) is 4.30. The van der Waals surface area contributed by atoms with Crippen molar-refractivity contribution in [3.8, 4) is 5.75 Å². The summed E-state index contributed by atoms with van der Waals surface area (Å²) in [5, 5.41) is 0. The lowest BCUT2D eigenvalue weighted by Crippen LogP contribution is -1.95. The number of isocyanates is 1. The van der Waals surface area contributed by atoms with E-state index < -0.39 is 0 Å². The van der Waals surface area contributed by atoms with Gasteiger partial charge in [-0.05, 0) is 37.1 Å². The zero-order valence-corrected chi connectivity index (χ0v) is 8.48. The van der Waals surface area contributed by atoms with Gasteiger partial charge in [-0.1, -0.05) is 6.08 Å². The Balaban J connectivity index is 2.42. The Labute approximate surface area is 89.1 Å². The van der Waals surface area contributed by atoms with Crippen molar-refractivity contribution in [1.29, 1.82) is 0 Å². The van der Waals surface area contributed by atoms with E-state index in [9.17, 15) is 4.79 Å². The van der Waals surface area contributed by atoms with E-state index in [1.165, 1.54) is 6.08 Å². The first-order valence-electron chi connectivity index (χ1n) is 4.78. The van der Waals surface area contributed by atoms with Gasteiger partial charge in [-0.3, -0.25) is 0 Å². The summed E-state index contributed by atoms with van der Waals surface area (Å²) in [5.41, 5.74) is 0.587. The van der Waals surface area contributed by atoms with Gasteiger partial charge >= 0.3 is 0 Å². The van der Waals surface area contributed by atoms with E-state index in [0.29, 0.717) is 12.3 Å². The summed E-state index contributed by atoms with van der Waals surface area (Å²) >= 11 is 0. The molecule has 0 N–H and O–H groups in total. The molecule has 0 radical (unpaired) electrons. The van der Waals surface area contributed by atoms with E-state index in [2.05, 4.69) is 11.6 Å². The fraction of sp³-hybridized carbons (Fsp3) is 0.250. The van der Waals surface area contributed by atoms with Gasteiger partial charge in [-0.15, -0.1) is 6.58 Å². The number of carbonyl (C=O) groups excluding carboxylic acids is 1. The first-order valence-corrected chi connectivity index (χ1v) is 4.78. The molecule has 0 bridgehead atoms. The number of nitrogens with zero attached hydrogens (tertiary/aromatic N) is 1. The predicted molar refractivity (Wildman–Crippen MR) is 59.1 cm³/mol. The van der Waals surface area contributed by atoms with E-state index >= 15 is 0 Å². The molecule has 78 valence electrons. The number of benzene rings is 1. The zero-order valence-electron chi connectivity index (χ0n) is 8.48. The van der Waals surface area contributed by atoms with E-state index in [1.807, 2.05) is 6.08 Å². The molecule has 1 rings (SSSR count). The number of rotatable bonds is 6. The molecule has 0 aliphatic rings. The molecule has 0 fully saturated rings. The van der Waals surface area contributed by atoms with Gasteiger partial charge in [0, 0.05) is 0 Å². The average Bonchev–Trinajstić information content (AvgIpc) is 2.27. The van der Waals surface area contributed by atoms with Gasteiger partial charge in [-0.2, -0.15) is 4.99 Å². The van der Waals surface area contributed by atoms with Gasteiger partial charge < -0.3 is 4.74 Å². The summed E-state index contributed by atoms with van der Waals surface area (Å²) in [7, 11) is 0. The number of unbranched alkanes of at least 4 members (excludes halogenated alkanes) is 1. The molecule has 3 nitrogen and oxygen atoms in total. The molecule has 15 heavy (non-hydrogen) atoms. The third-order valence-electron chi connectivity index (χ3n) is 1.83. The molecular weight excluding hydrogens is 190 g/mol. The number of hydrogen-bond donors (Lipinski definition) is 0. The summed E-state index contributed by atoms with van der Waals surface area (Å²) in [6.07, 6.45) is 5.26. The fourth-order valence-electron chi connectivity index (χ4n) is 1.09. The predicted octanol–water partition coefficient (Wildman–Crippen LogP) is 3.00. The molecule has 0 heterocycles. The average molecular weight is 203 g/mol. The van der Waals surface area contributed by atoms with Gasteiger partial charge in [0.2, 0.25) is 6.08 Å². The van der Waals surface area contributed by atoms with Crippen LogP contribution in [0.1, 0.15) is 12.8 Å². The second-order valence-corrected chi connectivity index (χ2v) is 2.98. The summed E-state index contributed by atoms with van der Waals surface area (Å²) in [4.78, 5) is 13.5. The lowest BCUT2D eigenvalue weighted by atomic mass is 10.3. The van der Waals surface area contributed by atoms with Crippen molar-refractivity contribution < 1.29 is 9.53 Å². The van der Waals surface area contributed by atoms with Crippen LogP contribution in [0.4, 0.5) is 5.69 Å². The van der Waals surface area contributed by atoms with Crippen LogP contribution in [-0.2, 0) is 4.79 Å². The van der Waals surface area contributed by atoms with Crippen LogP contribution in [0.5, 0.6) is 5.75 Å². The lowest BCUT2D eigenvalue weighted by molar-refractivity contribution is 0.312. The molecule has 0 aromatic heterocycles. The molecular formula is C12H13NO2. The van der Waals surface area contributed by atoms with Crippen LogP contribution in [-0.4, -0.2) is 12.7 Å². The van der Waals surface area contributed by atoms with Crippen LogP contribution in [0, 0.1) is 0 Å². The monoisotopic (exact) mass is 203 g/mol. The standard InChI is InChI=1S/C12H13NO2/c1-2-3-4-9-15-12-7-5-11(6-8-12)13-10-14/h2,5-8H,1,3-4,9H2. The third kappa shape index (κ3) is 4.25. The van der Waals surface area contributed by atoms with Crippen molar-refractivity contribution in [3.63, 3.8) is 0 Å². The summed E-state index contributed by atoms with van der Waals surface area (Å²) < 4.78 is 5.45. The van der Waals surface area contributed by atoms with Gasteiger partial charge in [0.15, 0.2) is 0 Å². The second-order valence-electron chi connectivity index (χ2n) is 2.98. The zero-order chi connectivity index (χ0) is 10.9. The molecule has 1 aromatic rings. The van der Waals surface area contributed by atoms with E-state index in [-0.39, 0.29) is 0 Å². The number of allylic oxidation sites excluding steroid dienone is 1. The minimum absolute atomic E-state index is 0.587. The number of aliphatic imine (C=N–C) groups is 1. The van der Waals surface area contributed by atoms with Crippen LogP contribution < -0.4 is 4.74 Å². The molecule has 0 aliphatic carbocycles. The SMILES string of the molecule is C=CCCCOc1ccc(N=C=O)cc1. The smallest absolute Gasteiger partial charge is 0.240 e. The molecule has 0 spiro atoms. The van der Waals surface area contributed by atoms with Crippen molar-refractivity contribution in [2.75, 3.05) is 6.61 Å². The highest BCUT2D eigenvalue weighted by Crippen LogP contribution is 2.17. The number of ether oxygens (including phenoxy) is 1. The van der Waals surface area contributed by atoms with Crippen LogP contribution in [0.3, 0.4) is 0 Å². The fourth-order valence-corrected chi connectivity index (χ4v) is 1.09. The van der Waals surface area contributed by atoms with E-state index in [0.717, 1.165) is 18.6 Å². The normalized spacial score (nSPS) is 9.07. The Hall–Kier alpha value is -1.86. The molecule has 0 saturated carbocycles. The van der Waals surface area contributed by atoms with Crippen LogP contribution in [0.2, 0.25) is 0 Å². The van der Waals surface area contributed by atoms with Gasteiger partial charge in [0.05, 0.1) is 12.3 Å². The molecule has 0 unspecified atom stereocenters. The third-order valence-corrected chi connectivity index (χ3v) is 1.83. The number of hydrogen-bond acceptors (Lipinski definition) is 3. The Morgan fingerprint density at radius 3 is 2.73 bits per heavy atom. The van der Waals surface area contributed by atoms with Gasteiger partial charge in [-0.25, -0.2) is 4.79 Å². The Kier molecular flexibility index (Phi) is 4.91. The van der Waals surface area contributed by atoms with Crippen molar-refractivity contribution in [3.05, 3.63) is 36.9 Å². The van der Waals surface area contributed by atoms with Crippen molar-refractivity contribution >= 4 is 11.8 Å². The van der Waals surface area contributed by atoms with Crippen molar-refractivity contribution in [1.82, 2.24) is 0 Å². The highest BCUT2D eigenvalue weighted by Gasteiger charge is 1.93. The Morgan fingerprint density at radius 2 is 2.13 bits per heavy atom. The highest BCUT2D eigenvalue weighted by molar-refractivity contribution is 5.49. The van der Waals surface area contributed by atoms with E-state index in [4.69, 9.17) is 4.74 Å². The maximum atomic E-state index is 9.97. The highest BCUT2D eigenvalue weighted by atomic mass is 16.5. The first-order chi connectivity index (χ1) is 7.36. The quantitative estimate of drug-likeness (QED) is 0.308.